The number of nitrogens with one attached hydrogen (secondary N) is 2. The van der Waals surface area contributed by atoms with Crippen LogP contribution in [-0.2, 0) is 9.59 Å². The molecule has 3 aromatic rings. The van der Waals surface area contributed by atoms with Crippen molar-refractivity contribution < 1.29 is 19.2 Å². The molecule has 1 saturated carbocycles. The van der Waals surface area contributed by atoms with Gasteiger partial charge in [0.05, 0.1) is 40.1 Å². The van der Waals surface area contributed by atoms with E-state index in [0.717, 1.165) is 78.2 Å². The number of hydrogen-bond donors (Lipinski definition) is 3. The van der Waals surface area contributed by atoms with Crippen LogP contribution in [-0.4, -0.2) is 88.4 Å². The summed E-state index contributed by atoms with van der Waals surface area (Å²) < 4.78 is 0. The van der Waals surface area contributed by atoms with Crippen molar-refractivity contribution in [3.05, 3.63) is 71.2 Å². The maximum absolute atomic E-state index is 13.1. The lowest BCUT2D eigenvalue weighted by Gasteiger charge is -2.36. The van der Waals surface area contributed by atoms with E-state index in [1.54, 1.807) is 30.6 Å². The summed E-state index contributed by atoms with van der Waals surface area (Å²) in [5.41, 5.74) is 11.8. The Labute approximate surface area is 272 Å². The molecule has 1 aliphatic carbocycles. The number of likely N-dealkylation sites (tertiary alicyclic amines) is 1. The third-order valence-electron chi connectivity index (χ3n) is 9.77. The summed E-state index contributed by atoms with van der Waals surface area (Å²) in [4.78, 5) is 67.3. The van der Waals surface area contributed by atoms with Crippen molar-refractivity contribution in [3.63, 3.8) is 0 Å². The number of carbonyl (C=O) groups is 4. The Balaban J connectivity index is 0.869. The summed E-state index contributed by atoms with van der Waals surface area (Å²) >= 11 is 0. The zero-order valence-corrected chi connectivity index (χ0v) is 26.3. The maximum Gasteiger partial charge on any atom is 0.262 e. The molecule has 3 aliphatic heterocycles. The standard InChI is InChI=1S/C35H38N8O4/c1-42-18-23(19-42)21-4-7-28-29(13-21)40-30(17-39-28)22(15-36)16-38-25-11-20(12-25)3-2-10-37-24-5-6-26-27(14-24)35(47)43(34(26)46)31-8-9-32(44)41-33(31)45/h4-7,13-17,20,23,25,31,37H,2-3,8-12,18-19,36H2,1H3,(H,41,44,45). The molecule has 4 N–H and O–H groups in total. The first-order valence-corrected chi connectivity index (χ1v) is 16.3. The zero-order valence-electron chi connectivity index (χ0n) is 26.3. The van der Waals surface area contributed by atoms with Crippen LogP contribution in [0.5, 0.6) is 0 Å². The average Bonchev–Trinajstić information content (AvgIpc) is 3.27. The SMILES string of the molecule is CN1CC(c2ccc3ncc(C(C=NC4CC(CCCNc5ccc6c(c5)C(=O)N(C5CCC(=O)NC5=O)C6=O)C4)=CN)nc3c2)C1. The number of allylic oxidation sites excluding steroid dienone is 1. The van der Waals surface area contributed by atoms with Crippen molar-refractivity contribution in [2.24, 2.45) is 16.6 Å². The first-order chi connectivity index (χ1) is 22.8. The van der Waals surface area contributed by atoms with Gasteiger partial charge in [-0.05, 0) is 81.0 Å². The van der Waals surface area contributed by atoms with Crippen LogP contribution in [0.4, 0.5) is 5.69 Å². The highest BCUT2D eigenvalue weighted by molar-refractivity contribution is 6.23. The highest BCUT2D eigenvalue weighted by Gasteiger charge is 2.44. The van der Waals surface area contributed by atoms with E-state index >= 15 is 0 Å². The van der Waals surface area contributed by atoms with Gasteiger partial charge >= 0.3 is 0 Å². The number of likely N-dealkylation sites (N-methyl/N-ethyl adjacent to an activating group) is 1. The highest BCUT2D eigenvalue weighted by Crippen LogP contribution is 2.34. The van der Waals surface area contributed by atoms with Crippen LogP contribution in [0.1, 0.15) is 76.4 Å². The van der Waals surface area contributed by atoms with E-state index in [-0.39, 0.29) is 30.0 Å². The largest absolute Gasteiger partial charge is 0.404 e. The third kappa shape index (κ3) is 6.12. The number of benzene rings is 2. The number of nitrogens with two attached hydrogens (primary N) is 1. The Hall–Kier alpha value is -4.97. The van der Waals surface area contributed by atoms with Crippen LogP contribution in [0.25, 0.3) is 16.6 Å². The fourth-order valence-corrected chi connectivity index (χ4v) is 6.97. The van der Waals surface area contributed by atoms with Crippen LogP contribution in [0.3, 0.4) is 0 Å². The summed E-state index contributed by atoms with van der Waals surface area (Å²) in [7, 11) is 2.13. The van der Waals surface area contributed by atoms with Crippen molar-refractivity contribution in [3.8, 4) is 0 Å². The third-order valence-corrected chi connectivity index (χ3v) is 9.77. The molecule has 1 atom stereocenters. The first kappa shape index (κ1) is 30.7. The van der Waals surface area contributed by atoms with E-state index in [2.05, 4.69) is 39.7 Å². The van der Waals surface area contributed by atoms with Gasteiger partial charge < -0.3 is 16.0 Å². The second kappa shape index (κ2) is 12.7. The molecular formula is C35H38N8O4. The summed E-state index contributed by atoms with van der Waals surface area (Å²) in [6.45, 7) is 2.85. The molecular weight excluding hydrogens is 596 g/mol. The van der Waals surface area contributed by atoms with Crippen LogP contribution >= 0.6 is 0 Å². The van der Waals surface area contributed by atoms with Gasteiger partial charge in [0.25, 0.3) is 11.8 Å². The van der Waals surface area contributed by atoms with Crippen LogP contribution in [0.15, 0.2) is 53.8 Å². The summed E-state index contributed by atoms with van der Waals surface area (Å²) in [6, 6.07) is 10.7. The second-order valence-electron chi connectivity index (χ2n) is 13.1. The van der Waals surface area contributed by atoms with Crippen molar-refractivity contribution in [2.45, 2.75) is 56.5 Å². The number of aliphatic imine (C=N–C) groups is 1. The molecule has 4 aliphatic rings. The van der Waals surface area contributed by atoms with Gasteiger partial charge in [-0.2, -0.15) is 0 Å². The minimum Gasteiger partial charge on any atom is -0.404 e. The van der Waals surface area contributed by atoms with Gasteiger partial charge in [0.15, 0.2) is 0 Å². The van der Waals surface area contributed by atoms with E-state index < -0.39 is 29.7 Å². The first-order valence-electron chi connectivity index (χ1n) is 16.3. The Morgan fingerprint density at radius 1 is 1.06 bits per heavy atom. The molecule has 4 amide bonds. The monoisotopic (exact) mass is 634 g/mol. The van der Waals surface area contributed by atoms with Gasteiger partial charge in [-0.3, -0.25) is 39.4 Å². The van der Waals surface area contributed by atoms with Crippen molar-refractivity contribution in [2.75, 3.05) is 32.0 Å². The zero-order chi connectivity index (χ0) is 32.7. The van der Waals surface area contributed by atoms with Crippen molar-refractivity contribution in [1.29, 1.82) is 0 Å². The van der Waals surface area contributed by atoms with E-state index in [4.69, 9.17) is 15.7 Å². The number of fused-ring (bicyclic) bond motifs is 2. The fraction of sp³-hybridized carbons (Fsp3) is 0.400. The second-order valence-corrected chi connectivity index (χ2v) is 13.1. The molecule has 47 heavy (non-hydrogen) atoms. The minimum atomic E-state index is -0.967. The van der Waals surface area contributed by atoms with Gasteiger partial charge in [-0.15, -0.1) is 0 Å². The molecule has 1 unspecified atom stereocenters. The van der Waals surface area contributed by atoms with E-state index in [1.807, 2.05) is 12.3 Å². The normalized spacial score (nSPS) is 23.6. The molecule has 0 spiro atoms. The van der Waals surface area contributed by atoms with Crippen LogP contribution in [0.2, 0.25) is 0 Å². The molecule has 12 heteroatoms. The number of anilines is 1. The van der Waals surface area contributed by atoms with Gasteiger partial charge in [0, 0.05) is 55.6 Å². The van der Waals surface area contributed by atoms with E-state index in [9.17, 15) is 19.2 Å². The Bertz CT molecular complexity index is 1830. The molecule has 1 aromatic heterocycles. The number of nitrogens with zero attached hydrogens (tertiary/aromatic N) is 5. The molecule has 3 fully saturated rings. The smallest absolute Gasteiger partial charge is 0.262 e. The number of hydrogen-bond acceptors (Lipinski definition) is 10. The van der Waals surface area contributed by atoms with Crippen LogP contribution in [0, 0.1) is 5.92 Å². The number of imide groups is 2. The number of carbonyl (C=O) groups excluding carboxylic acids is 4. The summed E-state index contributed by atoms with van der Waals surface area (Å²) in [5, 5.41) is 5.58. The predicted molar refractivity (Wildman–Crippen MR) is 178 cm³/mol. The summed E-state index contributed by atoms with van der Waals surface area (Å²) in [5.74, 6) is -0.876. The Morgan fingerprint density at radius 3 is 2.64 bits per heavy atom. The Morgan fingerprint density at radius 2 is 1.87 bits per heavy atom. The lowest BCUT2D eigenvalue weighted by atomic mass is 9.78. The van der Waals surface area contributed by atoms with Gasteiger partial charge in [-0.1, -0.05) is 6.07 Å². The van der Waals surface area contributed by atoms with Gasteiger partial charge in [0.1, 0.15) is 6.04 Å². The van der Waals surface area contributed by atoms with Crippen molar-refractivity contribution >= 4 is 52.1 Å². The lowest BCUT2D eigenvalue weighted by molar-refractivity contribution is -0.136. The number of rotatable bonds is 10. The quantitative estimate of drug-likeness (QED) is 0.173. The molecule has 0 radical (unpaired) electrons. The van der Waals surface area contributed by atoms with Gasteiger partial charge in [-0.25, -0.2) is 4.98 Å². The molecule has 2 saturated heterocycles. The van der Waals surface area contributed by atoms with E-state index in [1.165, 1.54) is 5.56 Å². The maximum atomic E-state index is 13.1. The number of piperidine rings is 1. The minimum absolute atomic E-state index is 0.0937. The van der Waals surface area contributed by atoms with E-state index in [0.29, 0.717) is 11.8 Å². The van der Waals surface area contributed by atoms with Crippen LogP contribution < -0.4 is 16.4 Å². The molecule has 4 heterocycles. The predicted octanol–water partition coefficient (Wildman–Crippen LogP) is 3.10. The molecule has 2 aromatic carbocycles. The number of amides is 4. The molecule has 7 rings (SSSR count). The molecule has 12 nitrogen and oxygen atoms in total. The Kier molecular flexibility index (Phi) is 8.27. The highest BCUT2D eigenvalue weighted by atomic mass is 16.2. The fourth-order valence-electron chi connectivity index (χ4n) is 6.97. The topological polar surface area (TPSA) is 163 Å². The van der Waals surface area contributed by atoms with Gasteiger partial charge in [0.2, 0.25) is 11.8 Å². The molecule has 0 bridgehead atoms. The average molecular weight is 635 g/mol. The summed E-state index contributed by atoms with van der Waals surface area (Å²) in [6.07, 6.45) is 9.39. The molecule has 242 valence electrons. The lowest BCUT2D eigenvalue weighted by Crippen LogP contribution is -2.54. The number of aromatic nitrogens is 2. The van der Waals surface area contributed by atoms with Crippen molar-refractivity contribution in [1.82, 2.24) is 25.1 Å².